The van der Waals surface area contributed by atoms with Crippen LogP contribution < -0.4 is 5.32 Å². The molecule has 0 aliphatic carbocycles. The molecule has 1 amide bonds. The summed E-state index contributed by atoms with van der Waals surface area (Å²) in [6.45, 7) is 2.95. The maximum absolute atomic E-state index is 12.2. The van der Waals surface area contributed by atoms with Crippen LogP contribution >= 0.6 is 11.3 Å². The van der Waals surface area contributed by atoms with Gasteiger partial charge in [0.05, 0.1) is 24.9 Å². The Balaban J connectivity index is 1.68. The van der Waals surface area contributed by atoms with E-state index in [-0.39, 0.29) is 25.1 Å². The summed E-state index contributed by atoms with van der Waals surface area (Å²) in [4.78, 5) is 18.5. The Morgan fingerprint density at radius 2 is 2.32 bits per heavy atom. The zero-order chi connectivity index (χ0) is 15.5. The summed E-state index contributed by atoms with van der Waals surface area (Å²) in [5.41, 5.74) is 3.28. The molecule has 0 fully saturated rings. The molecule has 5 nitrogen and oxygen atoms in total. The number of anilines is 1. The van der Waals surface area contributed by atoms with Crippen molar-refractivity contribution in [2.45, 2.75) is 19.4 Å². The van der Waals surface area contributed by atoms with Crippen molar-refractivity contribution in [3.63, 3.8) is 0 Å². The van der Waals surface area contributed by atoms with E-state index in [4.69, 9.17) is 0 Å². The maximum Gasteiger partial charge on any atom is 0.240 e. The molecule has 22 heavy (non-hydrogen) atoms. The van der Waals surface area contributed by atoms with E-state index in [9.17, 15) is 9.90 Å². The van der Waals surface area contributed by atoms with Gasteiger partial charge in [-0.3, -0.25) is 9.69 Å². The van der Waals surface area contributed by atoms with Gasteiger partial charge in [0.1, 0.15) is 0 Å². The highest BCUT2D eigenvalue weighted by Crippen LogP contribution is 2.29. The van der Waals surface area contributed by atoms with E-state index in [1.807, 2.05) is 35.4 Å². The number of aliphatic hydroxyl groups is 1. The molecule has 3 rings (SSSR count). The normalized spacial score (nSPS) is 18.0. The van der Waals surface area contributed by atoms with Crippen molar-refractivity contribution in [1.82, 2.24) is 9.88 Å². The molecule has 0 spiro atoms. The molecule has 1 atom stereocenters. The molecule has 6 heteroatoms. The zero-order valence-corrected chi connectivity index (χ0v) is 13.3. The fraction of sp³-hybridized carbons (Fsp3) is 0.375. The first kappa shape index (κ1) is 15.1. The summed E-state index contributed by atoms with van der Waals surface area (Å²) >= 11 is 1.42. The number of nitrogens with one attached hydrogen (secondary N) is 1. The fourth-order valence-corrected chi connectivity index (χ4v) is 3.57. The van der Waals surface area contributed by atoms with Crippen molar-refractivity contribution in [1.29, 1.82) is 0 Å². The van der Waals surface area contributed by atoms with E-state index in [1.165, 1.54) is 16.9 Å². The Morgan fingerprint density at radius 3 is 3.05 bits per heavy atom. The SMILES string of the molecule is Cc1csc(NC(=O)CN2CCc3ccccc3C2CO)n1. The Bertz CT molecular complexity index is 671. The number of nitrogens with zero attached hydrogens (tertiary/aromatic N) is 2. The van der Waals surface area contributed by atoms with Gasteiger partial charge in [-0.05, 0) is 24.5 Å². The number of rotatable bonds is 4. The third kappa shape index (κ3) is 3.19. The van der Waals surface area contributed by atoms with Crippen molar-refractivity contribution in [3.8, 4) is 0 Å². The molecule has 2 heterocycles. The zero-order valence-electron chi connectivity index (χ0n) is 12.5. The highest BCUT2D eigenvalue weighted by molar-refractivity contribution is 7.13. The minimum absolute atomic E-state index is 0.0145. The van der Waals surface area contributed by atoms with E-state index < -0.39 is 0 Å². The second-order valence-corrected chi connectivity index (χ2v) is 6.32. The van der Waals surface area contributed by atoms with Gasteiger partial charge in [-0.25, -0.2) is 4.98 Å². The third-order valence-corrected chi connectivity index (χ3v) is 4.78. The van der Waals surface area contributed by atoms with Gasteiger partial charge >= 0.3 is 0 Å². The molecule has 116 valence electrons. The van der Waals surface area contributed by atoms with Gasteiger partial charge in [0.2, 0.25) is 5.91 Å². The van der Waals surface area contributed by atoms with Crippen molar-refractivity contribution in [2.24, 2.45) is 0 Å². The Kier molecular flexibility index (Phi) is 4.52. The lowest BCUT2D eigenvalue weighted by Gasteiger charge is -2.35. The van der Waals surface area contributed by atoms with Crippen molar-refractivity contribution < 1.29 is 9.90 Å². The monoisotopic (exact) mass is 317 g/mol. The van der Waals surface area contributed by atoms with E-state index in [0.29, 0.717) is 5.13 Å². The summed E-state index contributed by atoms with van der Waals surface area (Å²) in [6.07, 6.45) is 0.899. The standard InChI is InChI=1S/C16H19N3O2S/c1-11-10-22-16(17-11)18-15(21)8-19-7-6-12-4-2-3-5-13(12)14(19)9-20/h2-5,10,14,20H,6-9H2,1H3,(H,17,18,21). The predicted molar refractivity (Wildman–Crippen MR) is 87.0 cm³/mol. The first-order chi connectivity index (χ1) is 10.7. The molecule has 0 radical (unpaired) electrons. The van der Waals surface area contributed by atoms with Gasteiger partial charge in [0.15, 0.2) is 5.13 Å². The number of carbonyl (C=O) groups excluding carboxylic acids is 1. The van der Waals surface area contributed by atoms with Gasteiger partial charge < -0.3 is 10.4 Å². The molecule has 1 aromatic carbocycles. The summed E-state index contributed by atoms with van der Waals surface area (Å²) in [5, 5.41) is 15.1. The minimum atomic E-state index is -0.117. The molecule has 2 N–H and O–H groups in total. The molecule has 1 aliphatic heterocycles. The number of amides is 1. The lowest BCUT2D eigenvalue weighted by molar-refractivity contribution is -0.118. The van der Waals surface area contributed by atoms with E-state index in [0.717, 1.165) is 24.2 Å². The Hall–Kier alpha value is -1.76. The summed E-state index contributed by atoms with van der Waals surface area (Å²) in [5.74, 6) is -0.0906. The minimum Gasteiger partial charge on any atom is -0.394 e. The smallest absolute Gasteiger partial charge is 0.240 e. The van der Waals surface area contributed by atoms with Crippen molar-refractivity contribution in [3.05, 3.63) is 46.5 Å². The largest absolute Gasteiger partial charge is 0.394 e. The van der Waals surface area contributed by atoms with Gasteiger partial charge in [-0.2, -0.15) is 0 Å². The lowest BCUT2D eigenvalue weighted by atomic mass is 9.93. The van der Waals surface area contributed by atoms with Crippen LogP contribution in [0, 0.1) is 6.92 Å². The number of fused-ring (bicyclic) bond motifs is 1. The summed E-state index contributed by atoms with van der Waals surface area (Å²) < 4.78 is 0. The molecule has 1 aromatic heterocycles. The van der Waals surface area contributed by atoms with Crippen LogP contribution in [0.3, 0.4) is 0 Å². The van der Waals surface area contributed by atoms with Crippen LogP contribution in [0.2, 0.25) is 0 Å². The number of aryl methyl sites for hydroxylation is 1. The summed E-state index contributed by atoms with van der Waals surface area (Å²) in [6, 6.07) is 8.00. The van der Waals surface area contributed by atoms with Crippen molar-refractivity contribution >= 4 is 22.4 Å². The first-order valence-corrected chi connectivity index (χ1v) is 8.20. The number of hydrogen-bond donors (Lipinski definition) is 2. The van der Waals surface area contributed by atoms with Gasteiger partial charge in [0, 0.05) is 11.9 Å². The molecule has 0 saturated heterocycles. The molecule has 0 saturated carbocycles. The fourth-order valence-electron chi connectivity index (χ4n) is 2.86. The van der Waals surface area contributed by atoms with Gasteiger partial charge in [0.25, 0.3) is 0 Å². The predicted octanol–water partition coefficient (Wildman–Crippen LogP) is 1.98. The molecular formula is C16H19N3O2S. The molecule has 0 bridgehead atoms. The Morgan fingerprint density at radius 1 is 1.50 bits per heavy atom. The Labute approximate surface area is 133 Å². The van der Waals surface area contributed by atoms with E-state index in [2.05, 4.69) is 16.4 Å². The molecular weight excluding hydrogens is 298 g/mol. The molecule has 1 aliphatic rings. The highest BCUT2D eigenvalue weighted by Gasteiger charge is 2.27. The van der Waals surface area contributed by atoms with E-state index >= 15 is 0 Å². The van der Waals surface area contributed by atoms with E-state index in [1.54, 1.807) is 0 Å². The highest BCUT2D eigenvalue weighted by atomic mass is 32.1. The van der Waals surface area contributed by atoms with Crippen LogP contribution in [0.4, 0.5) is 5.13 Å². The second kappa shape index (κ2) is 6.56. The first-order valence-electron chi connectivity index (χ1n) is 7.32. The number of benzene rings is 1. The number of aromatic nitrogens is 1. The quantitative estimate of drug-likeness (QED) is 0.905. The lowest BCUT2D eigenvalue weighted by Crippen LogP contribution is -2.42. The van der Waals surface area contributed by atoms with Gasteiger partial charge in [-0.15, -0.1) is 11.3 Å². The third-order valence-electron chi connectivity index (χ3n) is 3.91. The van der Waals surface area contributed by atoms with Crippen LogP contribution in [0.25, 0.3) is 0 Å². The van der Waals surface area contributed by atoms with Crippen LogP contribution in [0.15, 0.2) is 29.6 Å². The summed E-state index contributed by atoms with van der Waals surface area (Å²) in [7, 11) is 0. The van der Waals surface area contributed by atoms with Crippen LogP contribution in [-0.4, -0.2) is 40.6 Å². The number of carbonyl (C=O) groups is 1. The maximum atomic E-state index is 12.2. The number of thiazole rings is 1. The van der Waals surface area contributed by atoms with Gasteiger partial charge in [-0.1, -0.05) is 24.3 Å². The van der Waals surface area contributed by atoms with Crippen LogP contribution in [0.1, 0.15) is 22.9 Å². The molecule has 2 aromatic rings. The van der Waals surface area contributed by atoms with Crippen molar-refractivity contribution in [2.75, 3.05) is 25.0 Å². The number of aliphatic hydroxyl groups excluding tert-OH is 1. The average molecular weight is 317 g/mol. The number of hydrogen-bond acceptors (Lipinski definition) is 5. The van der Waals surface area contributed by atoms with Crippen LogP contribution in [0.5, 0.6) is 0 Å². The average Bonchev–Trinajstić information content (AvgIpc) is 2.92. The second-order valence-electron chi connectivity index (χ2n) is 5.46. The molecule has 1 unspecified atom stereocenters. The topological polar surface area (TPSA) is 65.5 Å². The van der Waals surface area contributed by atoms with Crippen LogP contribution in [-0.2, 0) is 11.2 Å².